The molecule has 0 aliphatic rings. The van der Waals surface area contributed by atoms with Gasteiger partial charge in [0.2, 0.25) is 5.76 Å². The molecule has 2 rings (SSSR count). The van der Waals surface area contributed by atoms with Crippen LogP contribution in [-0.2, 0) is 4.74 Å². The van der Waals surface area contributed by atoms with Gasteiger partial charge in [0.15, 0.2) is 5.75 Å². The highest BCUT2D eigenvalue weighted by molar-refractivity contribution is 5.86. The Labute approximate surface area is 112 Å². The summed E-state index contributed by atoms with van der Waals surface area (Å²) in [6, 6.07) is 8.69. The molecule has 2 aromatic rings. The van der Waals surface area contributed by atoms with E-state index in [9.17, 15) is 13.2 Å². The van der Waals surface area contributed by atoms with Crippen molar-refractivity contribution in [3.05, 3.63) is 30.0 Å². The van der Waals surface area contributed by atoms with Crippen molar-refractivity contribution in [1.82, 2.24) is 0 Å². The number of nitriles is 1. The second kappa shape index (κ2) is 5.84. The molecule has 4 nitrogen and oxygen atoms in total. The third-order valence-corrected chi connectivity index (χ3v) is 2.39. The Morgan fingerprint density at radius 2 is 1.95 bits per heavy atom. The first-order valence-electron chi connectivity index (χ1n) is 5.70. The maximum absolute atomic E-state index is 11.9. The van der Waals surface area contributed by atoms with Crippen LogP contribution >= 0.6 is 0 Å². The third-order valence-electron chi connectivity index (χ3n) is 2.39. The second-order valence-corrected chi connectivity index (χ2v) is 3.88. The lowest BCUT2D eigenvalue weighted by Gasteiger charge is -2.08. The molecule has 1 aromatic carbocycles. The second-order valence-electron chi connectivity index (χ2n) is 3.88. The summed E-state index contributed by atoms with van der Waals surface area (Å²) in [6.07, 6.45) is -4.36. The SMILES string of the molecule is N#Cc1oc2ccccc2c1OCCOCC(F)(F)F. The van der Waals surface area contributed by atoms with E-state index in [1.54, 1.807) is 24.3 Å². The molecule has 0 atom stereocenters. The van der Waals surface area contributed by atoms with Gasteiger partial charge >= 0.3 is 6.18 Å². The number of ether oxygens (including phenoxy) is 2. The zero-order valence-electron chi connectivity index (χ0n) is 10.2. The Morgan fingerprint density at radius 3 is 2.65 bits per heavy atom. The highest BCUT2D eigenvalue weighted by atomic mass is 19.4. The molecular weight excluding hydrogens is 275 g/mol. The largest absolute Gasteiger partial charge is 0.486 e. The summed E-state index contributed by atoms with van der Waals surface area (Å²) in [4.78, 5) is 0. The van der Waals surface area contributed by atoms with Gasteiger partial charge in [-0.25, -0.2) is 0 Å². The van der Waals surface area contributed by atoms with E-state index in [-0.39, 0.29) is 24.7 Å². The van der Waals surface area contributed by atoms with Crippen LogP contribution in [0.1, 0.15) is 5.76 Å². The number of nitrogens with zero attached hydrogens (tertiary/aromatic N) is 1. The lowest BCUT2D eigenvalue weighted by Crippen LogP contribution is -2.19. The summed E-state index contributed by atoms with van der Waals surface area (Å²) in [5.74, 6) is 0.209. The number of para-hydroxylation sites is 1. The van der Waals surface area contributed by atoms with Gasteiger partial charge in [0.05, 0.1) is 12.0 Å². The smallest absolute Gasteiger partial charge is 0.411 e. The highest BCUT2D eigenvalue weighted by Gasteiger charge is 2.27. The molecule has 7 heteroatoms. The molecule has 0 N–H and O–H groups in total. The molecule has 0 saturated heterocycles. The summed E-state index contributed by atoms with van der Waals surface area (Å²) in [7, 11) is 0. The van der Waals surface area contributed by atoms with Crippen molar-refractivity contribution in [1.29, 1.82) is 5.26 Å². The maximum atomic E-state index is 11.9. The Morgan fingerprint density at radius 1 is 1.20 bits per heavy atom. The van der Waals surface area contributed by atoms with Crippen LogP contribution in [0.2, 0.25) is 0 Å². The molecule has 0 unspecified atom stereocenters. The number of hydrogen-bond donors (Lipinski definition) is 0. The standard InChI is InChI=1S/C13H10F3NO3/c14-13(15,16)8-18-5-6-19-12-9-3-1-2-4-10(9)20-11(12)7-17/h1-4H,5-6,8H2. The molecule has 1 aromatic heterocycles. The number of benzene rings is 1. The lowest BCUT2D eigenvalue weighted by molar-refractivity contribution is -0.175. The van der Waals surface area contributed by atoms with E-state index in [0.717, 1.165) is 0 Å². The topological polar surface area (TPSA) is 55.4 Å². The van der Waals surface area contributed by atoms with Gasteiger partial charge in [-0.05, 0) is 12.1 Å². The molecule has 0 amide bonds. The fraction of sp³-hybridized carbons (Fsp3) is 0.308. The van der Waals surface area contributed by atoms with Crippen LogP contribution in [0.15, 0.2) is 28.7 Å². The first-order chi connectivity index (χ1) is 9.51. The van der Waals surface area contributed by atoms with Crippen LogP contribution in [0.5, 0.6) is 5.75 Å². The fourth-order valence-corrected chi connectivity index (χ4v) is 1.63. The van der Waals surface area contributed by atoms with Gasteiger partial charge in [-0.3, -0.25) is 0 Å². The molecule has 0 spiro atoms. The van der Waals surface area contributed by atoms with Crippen LogP contribution in [0.25, 0.3) is 11.0 Å². The monoisotopic (exact) mass is 285 g/mol. The predicted molar refractivity (Wildman–Crippen MR) is 63.3 cm³/mol. The van der Waals surface area contributed by atoms with E-state index < -0.39 is 12.8 Å². The molecule has 0 bridgehead atoms. The first-order valence-corrected chi connectivity index (χ1v) is 5.70. The van der Waals surface area contributed by atoms with Crippen LogP contribution in [-0.4, -0.2) is 26.0 Å². The number of halogens is 3. The molecule has 0 aliphatic carbocycles. The molecule has 0 radical (unpaired) electrons. The average molecular weight is 285 g/mol. The molecule has 0 saturated carbocycles. The summed E-state index contributed by atoms with van der Waals surface area (Å²) in [6.45, 7) is -1.66. The molecular formula is C13H10F3NO3. The van der Waals surface area contributed by atoms with Gasteiger partial charge in [0, 0.05) is 0 Å². The molecule has 1 heterocycles. The zero-order chi connectivity index (χ0) is 14.6. The quantitative estimate of drug-likeness (QED) is 0.791. The van der Waals surface area contributed by atoms with E-state index in [4.69, 9.17) is 14.4 Å². The van der Waals surface area contributed by atoms with Crippen molar-refractivity contribution in [3.8, 4) is 11.8 Å². The van der Waals surface area contributed by atoms with Crippen LogP contribution in [0.3, 0.4) is 0 Å². The minimum atomic E-state index is -4.36. The average Bonchev–Trinajstić information content (AvgIpc) is 2.75. The van der Waals surface area contributed by atoms with E-state index in [1.807, 2.05) is 6.07 Å². The third kappa shape index (κ3) is 3.42. The molecule has 0 aliphatic heterocycles. The number of rotatable bonds is 5. The van der Waals surface area contributed by atoms with Gasteiger partial charge in [-0.15, -0.1) is 0 Å². The summed E-state index contributed by atoms with van der Waals surface area (Å²) in [5.41, 5.74) is 0.482. The van der Waals surface area contributed by atoms with Gasteiger partial charge in [-0.1, -0.05) is 12.1 Å². The summed E-state index contributed by atoms with van der Waals surface area (Å²) >= 11 is 0. The fourth-order valence-electron chi connectivity index (χ4n) is 1.63. The Balaban J connectivity index is 1.98. The van der Waals surface area contributed by atoms with Gasteiger partial charge in [-0.2, -0.15) is 18.4 Å². The maximum Gasteiger partial charge on any atom is 0.411 e. The minimum absolute atomic E-state index is 0.0120. The van der Waals surface area contributed by atoms with E-state index >= 15 is 0 Å². The Bertz CT molecular complexity index is 628. The molecule has 0 fully saturated rings. The van der Waals surface area contributed by atoms with E-state index in [2.05, 4.69) is 4.74 Å². The van der Waals surface area contributed by atoms with Crippen molar-refractivity contribution in [3.63, 3.8) is 0 Å². The van der Waals surface area contributed by atoms with Crippen molar-refractivity contribution in [2.24, 2.45) is 0 Å². The molecule has 106 valence electrons. The minimum Gasteiger partial charge on any atom is -0.486 e. The van der Waals surface area contributed by atoms with E-state index in [1.165, 1.54) is 0 Å². The number of furan rings is 1. The number of hydrogen-bond acceptors (Lipinski definition) is 4. The lowest BCUT2D eigenvalue weighted by atomic mass is 10.2. The first kappa shape index (κ1) is 14.2. The highest BCUT2D eigenvalue weighted by Crippen LogP contribution is 2.32. The van der Waals surface area contributed by atoms with Crippen molar-refractivity contribution in [2.45, 2.75) is 6.18 Å². The van der Waals surface area contributed by atoms with Crippen molar-refractivity contribution < 1.29 is 27.1 Å². The number of fused-ring (bicyclic) bond motifs is 1. The van der Waals surface area contributed by atoms with Crippen LogP contribution < -0.4 is 4.74 Å². The summed E-state index contributed by atoms with van der Waals surface area (Å²) in [5, 5.41) is 9.52. The van der Waals surface area contributed by atoms with Crippen LogP contribution in [0.4, 0.5) is 13.2 Å². The van der Waals surface area contributed by atoms with Gasteiger partial charge < -0.3 is 13.9 Å². The zero-order valence-corrected chi connectivity index (χ0v) is 10.2. The van der Waals surface area contributed by atoms with Crippen molar-refractivity contribution >= 4 is 11.0 Å². The Hall–Kier alpha value is -2.20. The predicted octanol–water partition coefficient (Wildman–Crippen LogP) is 3.26. The summed E-state index contributed by atoms with van der Waals surface area (Å²) < 4.78 is 50.5. The van der Waals surface area contributed by atoms with Crippen LogP contribution in [0, 0.1) is 11.3 Å². The van der Waals surface area contributed by atoms with E-state index in [0.29, 0.717) is 11.0 Å². The molecule has 20 heavy (non-hydrogen) atoms. The number of alkyl halides is 3. The Kier molecular flexibility index (Phi) is 4.15. The van der Waals surface area contributed by atoms with Gasteiger partial charge in [0.1, 0.15) is 24.9 Å². The van der Waals surface area contributed by atoms with Gasteiger partial charge in [0.25, 0.3) is 0 Å². The van der Waals surface area contributed by atoms with Crippen molar-refractivity contribution in [2.75, 3.05) is 19.8 Å². The normalized spacial score (nSPS) is 11.5.